The van der Waals surface area contributed by atoms with Gasteiger partial charge < -0.3 is 14.5 Å². The van der Waals surface area contributed by atoms with Crippen LogP contribution < -0.4 is 9.64 Å². The van der Waals surface area contributed by atoms with Crippen LogP contribution in [0.15, 0.2) is 91.0 Å². The Morgan fingerprint density at radius 2 is 1.57 bits per heavy atom. The predicted molar refractivity (Wildman–Crippen MR) is 164 cm³/mol. The van der Waals surface area contributed by atoms with Crippen molar-refractivity contribution < 1.29 is 14.3 Å². The molecule has 6 rings (SSSR count). The van der Waals surface area contributed by atoms with Gasteiger partial charge in [-0.15, -0.1) is 0 Å². The molecule has 0 spiro atoms. The van der Waals surface area contributed by atoms with Crippen molar-refractivity contribution in [2.24, 2.45) is 5.41 Å². The molecule has 42 heavy (non-hydrogen) atoms. The highest BCUT2D eigenvalue weighted by atomic mass is 16.5. The van der Waals surface area contributed by atoms with Gasteiger partial charge in [0.1, 0.15) is 11.2 Å². The number of carbonyl (C=O) groups excluding carboxylic acids is 2. The van der Waals surface area contributed by atoms with Gasteiger partial charge in [-0.3, -0.25) is 9.59 Å². The third-order valence-corrected chi connectivity index (χ3v) is 9.08. The first kappa shape index (κ1) is 27.5. The largest absolute Gasteiger partial charge is 0.496 e. The monoisotopic (exact) mass is 557 g/mol. The number of piperidine rings is 1. The summed E-state index contributed by atoms with van der Waals surface area (Å²) in [4.78, 5) is 31.3. The molecule has 2 aliphatic rings. The molecule has 6 nitrogen and oxygen atoms in total. The third-order valence-electron chi connectivity index (χ3n) is 9.08. The summed E-state index contributed by atoms with van der Waals surface area (Å²) in [6.07, 6.45) is 2.61. The summed E-state index contributed by atoms with van der Waals surface area (Å²) in [6.45, 7) is 2.74. The summed E-state index contributed by atoms with van der Waals surface area (Å²) >= 11 is 0. The molecule has 2 aliphatic heterocycles. The molecule has 0 bridgehead atoms. The average molecular weight is 558 g/mol. The number of carbonyl (C=O) groups is 2. The smallest absolute Gasteiger partial charge is 0.243 e. The van der Waals surface area contributed by atoms with Crippen LogP contribution in [-0.4, -0.2) is 43.0 Å². The number of rotatable bonds is 6. The fourth-order valence-electron chi connectivity index (χ4n) is 6.94. The predicted octanol–water partition coefficient (Wildman–Crippen LogP) is 6.48. The van der Waals surface area contributed by atoms with Crippen molar-refractivity contribution >= 4 is 28.3 Å². The van der Waals surface area contributed by atoms with Crippen molar-refractivity contribution in [2.75, 3.05) is 25.1 Å². The Morgan fingerprint density at radius 3 is 2.36 bits per heavy atom. The molecular formula is C36H35N3O3. The number of hydrogen-bond acceptors (Lipinski definition) is 4. The van der Waals surface area contributed by atoms with Gasteiger partial charge in [-0.25, -0.2) is 0 Å². The van der Waals surface area contributed by atoms with E-state index in [1.165, 1.54) is 5.56 Å². The summed E-state index contributed by atoms with van der Waals surface area (Å²) in [6, 6.07) is 32.4. The number of anilines is 1. The lowest BCUT2D eigenvalue weighted by Gasteiger charge is -2.43. The van der Waals surface area contributed by atoms with E-state index in [0.717, 1.165) is 34.0 Å². The van der Waals surface area contributed by atoms with Gasteiger partial charge in [0.25, 0.3) is 0 Å². The maximum Gasteiger partial charge on any atom is 0.243 e. The molecule has 0 radical (unpaired) electrons. The summed E-state index contributed by atoms with van der Waals surface area (Å²) in [5.74, 6) is 0.0291. The Hall–Kier alpha value is -4.63. The Bertz CT molecular complexity index is 1680. The molecule has 0 N–H and O–H groups in total. The number of amides is 2. The minimum atomic E-state index is -1.40. The van der Waals surface area contributed by atoms with E-state index < -0.39 is 11.3 Å². The first-order valence-electron chi connectivity index (χ1n) is 14.7. The quantitative estimate of drug-likeness (QED) is 0.272. The normalized spacial score (nSPS) is 17.7. The van der Waals surface area contributed by atoms with Crippen LogP contribution in [0.2, 0.25) is 0 Å². The zero-order valence-corrected chi connectivity index (χ0v) is 24.1. The molecule has 0 aromatic heterocycles. The second-order valence-electron chi connectivity index (χ2n) is 11.5. The lowest BCUT2D eigenvalue weighted by atomic mass is 9.68. The number of likely N-dealkylation sites (tertiary alicyclic amines) is 1. The fraction of sp³-hybridized carbons (Fsp3) is 0.306. The molecule has 0 unspecified atom stereocenters. The first-order chi connectivity index (χ1) is 20.5. The van der Waals surface area contributed by atoms with E-state index in [4.69, 9.17) is 4.74 Å². The van der Waals surface area contributed by atoms with Crippen LogP contribution in [0.1, 0.15) is 48.8 Å². The first-order valence-corrected chi connectivity index (χ1v) is 14.7. The summed E-state index contributed by atoms with van der Waals surface area (Å²) in [7, 11) is 1.62. The van der Waals surface area contributed by atoms with Crippen LogP contribution in [-0.2, 0) is 16.0 Å². The molecule has 2 amide bonds. The van der Waals surface area contributed by atoms with E-state index >= 15 is 0 Å². The Morgan fingerprint density at radius 1 is 0.905 bits per heavy atom. The highest BCUT2D eigenvalue weighted by molar-refractivity contribution is 5.97. The third kappa shape index (κ3) is 4.69. The van der Waals surface area contributed by atoms with Gasteiger partial charge in [-0.2, -0.15) is 5.26 Å². The number of fused-ring (bicyclic) bond motifs is 2. The molecule has 6 heteroatoms. The topological polar surface area (TPSA) is 73.6 Å². The average Bonchev–Trinajstić information content (AvgIpc) is 3.05. The van der Waals surface area contributed by atoms with E-state index in [1.54, 1.807) is 14.0 Å². The SMILES string of the molecule is COc1ccccc1[C@H](c1cccc2ccccc12)[C@@](C)(C#N)C(=O)N1CCC(N2C(=O)CCc3ccccc32)CC1. The number of hydrogen-bond donors (Lipinski definition) is 0. The van der Waals surface area contributed by atoms with E-state index in [2.05, 4.69) is 24.3 Å². The molecule has 4 aromatic carbocycles. The van der Waals surface area contributed by atoms with Crippen molar-refractivity contribution in [2.45, 2.75) is 44.6 Å². The summed E-state index contributed by atoms with van der Waals surface area (Å²) in [5, 5.41) is 12.9. The van der Waals surface area contributed by atoms with Gasteiger partial charge >= 0.3 is 0 Å². The zero-order valence-electron chi connectivity index (χ0n) is 24.1. The van der Waals surface area contributed by atoms with Gasteiger partial charge in [0.15, 0.2) is 0 Å². The molecule has 4 aromatic rings. The highest BCUT2D eigenvalue weighted by Gasteiger charge is 2.48. The Balaban J connectivity index is 1.34. The highest BCUT2D eigenvalue weighted by Crippen LogP contribution is 2.47. The zero-order chi connectivity index (χ0) is 29.3. The summed E-state index contributed by atoms with van der Waals surface area (Å²) < 4.78 is 5.77. The lowest BCUT2D eigenvalue weighted by molar-refractivity contribution is -0.140. The van der Waals surface area contributed by atoms with Crippen LogP contribution in [0.25, 0.3) is 10.8 Å². The van der Waals surface area contributed by atoms with Gasteiger partial charge in [0.2, 0.25) is 11.8 Å². The number of aryl methyl sites for hydroxylation is 1. The van der Waals surface area contributed by atoms with Crippen molar-refractivity contribution in [1.29, 1.82) is 5.26 Å². The van der Waals surface area contributed by atoms with E-state index in [-0.39, 0.29) is 17.9 Å². The van der Waals surface area contributed by atoms with E-state index in [1.807, 2.05) is 82.6 Å². The van der Waals surface area contributed by atoms with Gasteiger partial charge in [0.05, 0.1) is 13.2 Å². The van der Waals surface area contributed by atoms with Gasteiger partial charge in [-0.1, -0.05) is 78.9 Å². The van der Waals surface area contributed by atoms with E-state index in [9.17, 15) is 14.9 Å². The number of ether oxygens (including phenoxy) is 1. The minimum absolute atomic E-state index is 0.0272. The van der Waals surface area contributed by atoms with Crippen molar-refractivity contribution in [3.63, 3.8) is 0 Å². The molecule has 2 heterocycles. The van der Waals surface area contributed by atoms with Gasteiger partial charge in [0, 0.05) is 42.7 Å². The molecule has 0 saturated carbocycles. The second kappa shape index (κ2) is 11.3. The van der Waals surface area contributed by atoms with E-state index in [0.29, 0.717) is 38.1 Å². The number of nitriles is 1. The van der Waals surface area contributed by atoms with Crippen LogP contribution in [0.3, 0.4) is 0 Å². The standard InChI is InChI=1S/C36H35N3O3/c1-36(24-37,34(30-14-6-8-17-32(30)42-2)29-15-9-12-25-10-3-5-13-28(25)29)35(41)38-22-20-27(21-23-38)39-31-16-7-4-11-26(31)18-19-33(39)40/h3-17,27,34H,18-23H2,1-2H3/t34-,36+/m0/s1. The molecule has 0 aliphatic carbocycles. The minimum Gasteiger partial charge on any atom is -0.496 e. The fourth-order valence-corrected chi connectivity index (χ4v) is 6.94. The Labute approximate surface area is 247 Å². The Kier molecular flexibility index (Phi) is 7.43. The number of nitrogens with zero attached hydrogens (tertiary/aromatic N) is 3. The molecule has 212 valence electrons. The second-order valence-corrected chi connectivity index (χ2v) is 11.5. The van der Waals surface area contributed by atoms with Crippen LogP contribution in [0.5, 0.6) is 5.75 Å². The maximum absolute atomic E-state index is 14.5. The maximum atomic E-state index is 14.5. The van der Waals surface area contributed by atoms with Crippen LogP contribution in [0, 0.1) is 16.7 Å². The number of methoxy groups -OCH3 is 1. The van der Waals surface area contributed by atoms with Crippen molar-refractivity contribution in [3.8, 4) is 11.8 Å². The molecule has 2 atom stereocenters. The van der Waals surface area contributed by atoms with Crippen molar-refractivity contribution in [3.05, 3.63) is 108 Å². The number of para-hydroxylation sites is 2. The molecule has 1 fully saturated rings. The van der Waals surface area contributed by atoms with Gasteiger partial charge in [-0.05, 0) is 60.2 Å². The summed E-state index contributed by atoms with van der Waals surface area (Å²) in [5.41, 5.74) is 2.51. The van der Waals surface area contributed by atoms with Crippen molar-refractivity contribution in [1.82, 2.24) is 4.90 Å². The molecule has 1 saturated heterocycles. The number of benzene rings is 4. The van der Waals surface area contributed by atoms with Crippen LogP contribution in [0.4, 0.5) is 5.69 Å². The van der Waals surface area contributed by atoms with Crippen LogP contribution >= 0.6 is 0 Å². The molecular weight excluding hydrogens is 522 g/mol. The lowest BCUT2D eigenvalue weighted by Crippen LogP contribution is -2.53.